The molecule has 0 unspecified atom stereocenters. The van der Waals surface area contributed by atoms with Gasteiger partial charge in [0.15, 0.2) is 6.61 Å². The topological polar surface area (TPSA) is 76.7 Å². The number of thioether (sulfide) groups is 1. The molecule has 0 saturated carbocycles. The van der Waals surface area contributed by atoms with Gasteiger partial charge in [0.25, 0.3) is 11.8 Å². The van der Waals surface area contributed by atoms with Crippen LogP contribution in [0.4, 0.5) is 5.69 Å². The first kappa shape index (κ1) is 21.4. The maximum Gasteiger partial charge on any atom is 0.263 e. The van der Waals surface area contributed by atoms with E-state index in [2.05, 4.69) is 26.6 Å². The number of anilines is 1. The van der Waals surface area contributed by atoms with Crippen LogP contribution in [0.2, 0.25) is 0 Å². The summed E-state index contributed by atoms with van der Waals surface area (Å²) in [4.78, 5) is 24.6. The van der Waals surface area contributed by atoms with Gasteiger partial charge >= 0.3 is 0 Å². The van der Waals surface area contributed by atoms with Gasteiger partial charge in [-0.15, -0.1) is 0 Å². The van der Waals surface area contributed by atoms with Gasteiger partial charge in [0.1, 0.15) is 15.8 Å². The Bertz CT molecular complexity index is 977. The molecule has 2 N–H and O–H groups in total. The van der Waals surface area contributed by atoms with Crippen LogP contribution < -0.4 is 20.1 Å². The predicted molar refractivity (Wildman–Crippen MR) is 122 cm³/mol. The largest absolute Gasteiger partial charge is 0.494 e. The fourth-order valence-electron chi connectivity index (χ4n) is 2.47. The predicted octanol–water partition coefficient (Wildman–Crippen LogP) is 4.35. The van der Waals surface area contributed by atoms with Crippen molar-refractivity contribution in [3.8, 4) is 11.5 Å². The lowest BCUT2D eigenvalue weighted by molar-refractivity contribution is -0.118. The molecule has 0 spiro atoms. The third-order valence-corrected chi connectivity index (χ3v) is 5.36. The number of nitrogens with one attached hydrogen (secondary N) is 2. The van der Waals surface area contributed by atoms with E-state index in [0.717, 1.165) is 10.2 Å². The maximum atomic E-state index is 12.2. The fraction of sp³-hybridized carbons (Fsp3) is 0.150. The number of ether oxygens (including phenoxy) is 2. The van der Waals surface area contributed by atoms with Crippen molar-refractivity contribution in [3.63, 3.8) is 0 Å². The Morgan fingerprint density at radius 3 is 2.66 bits per heavy atom. The molecular formula is C20H17BrN2O4S2. The normalized spacial score (nSPS) is 14.6. The third kappa shape index (κ3) is 6.06. The van der Waals surface area contributed by atoms with Crippen molar-refractivity contribution in [3.05, 3.63) is 57.4 Å². The maximum absolute atomic E-state index is 12.2. The van der Waals surface area contributed by atoms with Crippen LogP contribution in [0.5, 0.6) is 11.5 Å². The molecule has 2 aromatic rings. The number of thiocarbonyl (C=S) groups is 1. The van der Waals surface area contributed by atoms with Gasteiger partial charge in [-0.2, -0.15) is 0 Å². The number of amides is 2. The summed E-state index contributed by atoms with van der Waals surface area (Å²) in [5.41, 5.74) is 1.31. The van der Waals surface area contributed by atoms with E-state index < -0.39 is 0 Å². The zero-order valence-corrected chi connectivity index (χ0v) is 18.6. The number of halogens is 1. The van der Waals surface area contributed by atoms with Crippen molar-refractivity contribution >= 4 is 67.8 Å². The number of carbonyl (C=O) groups excluding carboxylic acids is 2. The van der Waals surface area contributed by atoms with E-state index >= 15 is 0 Å². The van der Waals surface area contributed by atoms with Gasteiger partial charge in [0, 0.05) is 15.7 Å². The highest BCUT2D eigenvalue weighted by molar-refractivity contribution is 9.10. The average molecular weight is 493 g/mol. The average Bonchev–Trinajstić information content (AvgIpc) is 3.00. The highest BCUT2D eigenvalue weighted by Gasteiger charge is 2.22. The Morgan fingerprint density at radius 1 is 1.24 bits per heavy atom. The highest BCUT2D eigenvalue weighted by Crippen LogP contribution is 2.31. The van der Waals surface area contributed by atoms with Crippen molar-refractivity contribution in [1.82, 2.24) is 5.32 Å². The molecule has 150 valence electrons. The monoisotopic (exact) mass is 492 g/mol. The lowest BCUT2D eigenvalue weighted by Gasteiger charge is -2.11. The zero-order chi connectivity index (χ0) is 20.8. The van der Waals surface area contributed by atoms with E-state index in [4.69, 9.17) is 21.7 Å². The molecule has 0 aliphatic carbocycles. The van der Waals surface area contributed by atoms with Crippen molar-refractivity contribution < 1.29 is 19.1 Å². The second-order valence-electron chi connectivity index (χ2n) is 5.83. The summed E-state index contributed by atoms with van der Waals surface area (Å²) in [6.45, 7) is 2.31. The fourth-order valence-corrected chi connectivity index (χ4v) is 3.88. The van der Waals surface area contributed by atoms with Crippen molar-refractivity contribution in [2.45, 2.75) is 6.92 Å². The Kier molecular flexibility index (Phi) is 7.29. The summed E-state index contributed by atoms with van der Waals surface area (Å²) in [5, 5.41) is 5.34. The molecule has 6 nitrogen and oxygen atoms in total. The highest BCUT2D eigenvalue weighted by atomic mass is 79.9. The number of rotatable bonds is 7. The van der Waals surface area contributed by atoms with Gasteiger partial charge in [0.2, 0.25) is 0 Å². The van der Waals surface area contributed by atoms with Crippen molar-refractivity contribution in [1.29, 1.82) is 0 Å². The Hall–Kier alpha value is -2.36. The van der Waals surface area contributed by atoms with Crippen LogP contribution >= 0.6 is 39.9 Å². The van der Waals surface area contributed by atoms with Gasteiger partial charge in [-0.1, -0.05) is 39.9 Å². The van der Waals surface area contributed by atoms with Crippen molar-refractivity contribution in [2.75, 3.05) is 18.5 Å². The number of hydrogen-bond donors (Lipinski definition) is 2. The smallest absolute Gasteiger partial charge is 0.263 e. The Morgan fingerprint density at radius 2 is 2.00 bits per heavy atom. The zero-order valence-electron chi connectivity index (χ0n) is 15.4. The minimum atomic E-state index is -0.301. The molecule has 2 aromatic carbocycles. The molecule has 1 saturated heterocycles. The molecular weight excluding hydrogens is 476 g/mol. The molecule has 0 atom stereocenters. The van der Waals surface area contributed by atoms with Crippen molar-refractivity contribution in [2.24, 2.45) is 0 Å². The van der Waals surface area contributed by atoms with E-state index in [0.29, 0.717) is 32.8 Å². The first-order chi connectivity index (χ1) is 13.9. The van der Waals surface area contributed by atoms with Gasteiger partial charge < -0.3 is 20.1 Å². The Balaban J connectivity index is 1.65. The number of hydrogen-bond acceptors (Lipinski definition) is 6. The van der Waals surface area contributed by atoms with E-state index in [1.807, 2.05) is 13.0 Å². The molecule has 0 radical (unpaired) electrons. The third-order valence-electron chi connectivity index (χ3n) is 3.71. The molecule has 29 heavy (non-hydrogen) atoms. The minimum absolute atomic E-state index is 0.178. The van der Waals surface area contributed by atoms with Crippen LogP contribution in [0.1, 0.15) is 12.5 Å². The van der Waals surface area contributed by atoms with Crippen LogP contribution in [0.15, 0.2) is 51.8 Å². The van der Waals surface area contributed by atoms with Crippen LogP contribution in [0, 0.1) is 0 Å². The molecule has 1 aliphatic heterocycles. The van der Waals surface area contributed by atoms with Gasteiger partial charge in [0.05, 0.1) is 11.5 Å². The van der Waals surface area contributed by atoms with Gasteiger partial charge in [-0.25, -0.2) is 0 Å². The molecule has 3 rings (SSSR count). The van der Waals surface area contributed by atoms with Gasteiger partial charge in [-0.3, -0.25) is 9.59 Å². The lowest BCUT2D eigenvalue weighted by Crippen LogP contribution is -2.20. The summed E-state index contributed by atoms with van der Waals surface area (Å²) in [6, 6.07) is 12.4. The van der Waals surface area contributed by atoms with E-state index in [1.165, 1.54) is 11.8 Å². The number of carbonyl (C=O) groups is 2. The summed E-state index contributed by atoms with van der Waals surface area (Å²) < 4.78 is 12.3. The molecule has 9 heteroatoms. The minimum Gasteiger partial charge on any atom is -0.494 e. The second-order valence-corrected chi connectivity index (χ2v) is 8.46. The molecule has 0 aromatic heterocycles. The molecule has 1 aliphatic rings. The quantitative estimate of drug-likeness (QED) is 0.441. The first-order valence-corrected chi connectivity index (χ1v) is 10.7. The van der Waals surface area contributed by atoms with Crippen LogP contribution in [-0.2, 0) is 9.59 Å². The molecule has 1 fully saturated rings. The van der Waals surface area contributed by atoms with Crippen LogP contribution in [0.3, 0.4) is 0 Å². The SMILES string of the molecule is CCOc1ccc(NC(=O)COc2ccc(Br)cc2/C=C2\SC(=S)NC2=O)cc1. The first-order valence-electron chi connectivity index (χ1n) is 8.64. The van der Waals surface area contributed by atoms with E-state index in [1.54, 1.807) is 42.5 Å². The van der Waals surface area contributed by atoms with Gasteiger partial charge in [-0.05, 0) is 55.5 Å². The molecule has 1 heterocycles. The Labute approximate surface area is 186 Å². The molecule has 2 amide bonds. The van der Waals surface area contributed by atoms with E-state index in [-0.39, 0.29) is 18.4 Å². The standard InChI is InChI=1S/C20H17BrN2O4S2/c1-2-26-15-6-4-14(5-7-15)22-18(24)11-27-16-8-3-13(21)9-12(16)10-17-19(25)23-20(28)29-17/h3-10H,2,11H2,1H3,(H,22,24)(H,23,25,28)/b17-10-. The number of benzene rings is 2. The van der Waals surface area contributed by atoms with Crippen LogP contribution in [0.25, 0.3) is 6.08 Å². The lowest BCUT2D eigenvalue weighted by atomic mass is 10.2. The second kappa shape index (κ2) is 9.91. The van der Waals surface area contributed by atoms with E-state index in [9.17, 15) is 9.59 Å². The summed E-state index contributed by atoms with van der Waals surface area (Å²) in [5.74, 6) is 0.667. The summed E-state index contributed by atoms with van der Waals surface area (Å²) >= 11 is 9.60. The summed E-state index contributed by atoms with van der Waals surface area (Å²) in [6.07, 6.45) is 1.68. The summed E-state index contributed by atoms with van der Waals surface area (Å²) in [7, 11) is 0. The van der Waals surface area contributed by atoms with Crippen LogP contribution in [-0.4, -0.2) is 29.3 Å². The molecule has 0 bridgehead atoms.